The van der Waals surface area contributed by atoms with Gasteiger partial charge in [0.2, 0.25) is 0 Å². The monoisotopic (exact) mass is 747 g/mol. The summed E-state index contributed by atoms with van der Waals surface area (Å²) in [5.74, 6) is 1.04. The second-order valence-corrected chi connectivity index (χ2v) is 28.7. The number of carbonyl (C=O) groups excluding carboxylic acids is 1. The molecule has 5 atom stereocenters. The van der Waals surface area contributed by atoms with Crippen LogP contribution in [0.4, 0.5) is 4.79 Å². The third-order valence-corrected chi connectivity index (χ3v) is 20.9. The van der Waals surface area contributed by atoms with E-state index in [1.165, 1.54) is 0 Å². The summed E-state index contributed by atoms with van der Waals surface area (Å²) >= 11 is 5.59. The Labute approximate surface area is 312 Å². The summed E-state index contributed by atoms with van der Waals surface area (Å²) in [4.78, 5) is 16.3. The van der Waals surface area contributed by atoms with Gasteiger partial charge in [0.25, 0.3) is 0 Å². The molecule has 1 heterocycles. The van der Waals surface area contributed by atoms with E-state index in [1.807, 2.05) is 56.0 Å². The van der Waals surface area contributed by atoms with Gasteiger partial charge in [-0.25, -0.2) is 4.79 Å². The van der Waals surface area contributed by atoms with E-state index >= 15 is 0 Å². The minimum absolute atomic E-state index is 0.0475. The summed E-state index contributed by atoms with van der Waals surface area (Å²) in [6, 6.07) is 9.12. The number of nitrogens with zero attached hydrogens (tertiary/aromatic N) is 1. The molecule has 7 nitrogen and oxygen atoms in total. The number of thiocarbonyl (C=S) groups is 1. The summed E-state index contributed by atoms with van der Waals surface area (Å²) in [5, 5.41) is 0.331. The highest BCUT2D eigenvalue weighted by Crippen LogP contribution is 2.56. The molecule has 0 unspecified atom stereocenters. The van der Waals surface area contributed by atoms with E-state index in [9.17, 15) is 4.79 Å². The van der Waals surface area contributed by atoms with Crippen molar-refractivity contribution in [3.8, 4) is 5.75 Å². The fourth-order valence-electron chi connectivity index (χ4n) is 6.84. The van der Waals surface area contributed by atoms with Gasteiger partial charge in [0, 0.05) is 36.9 Å². The number of fused-ring (bicyclic) bond motifs is 1. The normalized spacial score (nSPS) is 24.6. The van der Waals surface area contributed by atoms with Gasteiger partial charge in [-0.05, 0) is 113 Å². The molecule has 0 radical (unpaired) electrons. The predicted molar refractivity (Wildman–Crippen MR) is 215 cm³/mol. The molecule has 284 valence electrons. The lowest BCUT2D eigenvalue weighted by Crippen LogP contribution is -2.49. The van der Waals surface area contributed by atoms with Gasteiger partial charge < -0.3 is 23.1 Å². The standard InChI is InChI=1S/C40H69NO6SSi2/c1-30-23-25-40(24-19-27-45-50(13,14)39(8,9)10)32(22-18-26-44-49(11,12)38(5,6)7)33(29-43-36(48)46-31-20-16-15-17-21-31)41(34(40)28-30)35(42)47-37(2,3)4/h15-17,20-21,23,25,30,32-34H,18-19,22,24,26-29H2,1-14H3/t30-,32-,33-,34+,40+/m1/s1. The lowest BCUT2D eigenvalue weighted by molar-refractivity contribution is 0.00187. The van der Waals surface area contributed by atoms with E-state index in [4.69, 9.17) is 35.3 Å². The number of amides is 1. The van der Waals surface area contributed by atoms with Gasteiger partial charge in [-0.3, -0.25) is 4.90 Å². The average Bonchev–Trinajstić information content (AvgIpc) is 3.23. The zero-order valence-corrected chi connectivity index (χ0v) is 36.6. The molecule has 1 aromatic rings. The summed E-state index contributed by atoms with van der Waals surface area (Å²) in [5.41, 5.74) is -0.911. The molecule has 2 aliphatic rings. The molecule has 50 heavy (non-hydrogen) atoms. The Morgan fingerprint density at radius 2 is 1.46 bits per heavy atom. The maximum absolute atomic E-state index is 14.3. The number of allylic oxidation sites excluding steroid dienone is 1. The lowest BCUT2D eigenvalue weighted by Gasteiger charge is -2.43. The van der Waals surface area contributed by atoms with Crippen LogP contribution in [0.3, 0.4) is 0 Å². The summed E-state index contributed by atoms with van der Waals surface area (Å²) in [7, 11) is -3.82. The Balaban J connectivity index is 2.00. The molecule has 0 spiro atoms. The summed E-state index contributed by atoms with van der Waals surface area (Å²) in [6.07, 6.45) is 8.95. The SMILES string of the molecule is C[C@@H]1C=C[C@@]2(CCCO[Si](C)(C)C(C)(C)C)[C@H](CCCO[Si](C)(C)C(C)(C)C)[C@@H](COC(=S)Oc3ccccc3)N(C(=O)OC(C)(C)C)[C@H]2C1. The maximum atomic E-state index is 14.3. The minimum Gasteiger partial charge on any atom is -0.454 e. The highest BCUT2D eigenvalue weighted by Gasteiger charge is 2.60. The number of benzene rings is 1. The van der Waals surface area contributed by atoms with E-state index in [-0.39, 0.29) is 51.4 Å². The van der Waals surface area contributed by atoms with Crippen LogP contribution in [0.1, 0.15) is 101 Å². The van der Waals surface area contributed by atoms with Crippen LogP contribution in [0, 0.1) is 17.3 Å². The van der Waals surface area contributed by atoms with Gasteiger partial charge >= 0.3 is 11.3 Å². The van der Waals surface area contributed by atoms with E-state index < -0.39 is 22.2 Å². The van der Waals surface area contributed by atoms with Crippen molar-refractivity contribution >= 4 is 40.2 Å². The fourth-order valence-corrected chi connectivity index (χ4v) is 9.18. The van der Waals surface area contributed by atoms with E-state index in [0.29, 0.717) is 24.9 Å². The van der Waals surface area contributed by atoms with Gasteiger partial charge in [-0.15, -0.1) is 0 Å². The molecule has 1 aliphatic heterocycles. The van der Waals surface area contributed by atoms with Crippen molar-refractivity contribution < 1.29 is 27.9 Å². The average molecular weight is 748 g/mol. The van der Waals surface area contributed by atoms with Crippen LogP contribution in [0.2, 0.25) is 36.3 Å². The van der Waals surface area contributed by atoms with Crippen molar-refractivity contribution in [2.24, 2.45) is 17.3 Å². The van der Waals surface area contributed by atoms with Crippen molar-refractivity contribution in [1.82, 2.24) is 4.90 Å². The zero-order valence-electron chi connectivity index (χ0n) is 33.8. The first-order valence-corrected chi connectivity index (χ1v) is 25.0. The molecule has 1 aliphatic carbocycles. The first kappa shape index (κ1) is 42.7. The van der Waals surface area contributed by atoms with Crippen molar-refractivity contribution in [2.75, 3.05) is 19.8 Å². The van der Waals surface area contributed by atoms with Gasteiger partial charge in [-0.1, -0.05) is 78.8 Å². The van der Waals surface area contributed by atoms with Crippen LogP contribution in [0.15, 0.2) is 42.5 Å². The van der Waals surface area contributed by atoms with Gasteiger partial charge in [0.1, 0.15) is 18.0 Å². The number of rotatable bonds is 13. The van der Waals surface area contributed by atoms with Crippen LogP contribution in [0.25, 0.3) is 0 Å². The summed E-state index contributed by atoms with van der Waals surface area (Å²) < 4.78 is 31.7. The number of carbonyl (C=O) groups is 1. The molecule has 1 saturated heterocycles. The first-order chi connectivity index (χ1) is 22.9. The molecule has 10 heteroatoms. The first-order valence-electron chi connectivity index (χ1n) is 18.8. The van der Waals surface area contributed by atoms with Crippen molar-refractivity contribution in [3.63, 3.8) is 0 Å². The molecule has 1 aromatic carbocycles. The van der Waals surface area contributed by atoms with Crippen LogP contribution >= 0.6 is 12.2 Å². The molecule has 1 amide bonds. The Morgan fingerprint density at radius 3 is 2.00 bits per heavy atom. The molecule has 0 bridgehead atoms. The van der Waals surface area contributed by atoms with Crippen LogP contribution in [-0.4, -0.2) is 70.4 Å². The number of ether oxygens (including phenoxy) is 3. The van der Waals surface area contributed by atoms with E-state index in [2.05, 4.69) is 86.8 Å². The number of para-hydroxylation sites is 1. The van der Waals surface area contributed by atoms with Crippen LogP contribution < -0.4 is 4.74 Å². The third-order valence-electron chi connectivity index (χ3n) is 11.7. The van der Waals surface area contributed by atoms with Gasteiger partial charge in [0.05, 0.1) is 6.04 Å². The van der Waals surface area contributed by atoms with Crippen molar-refractivity contribution in [2.45, 2.75) is 155 Å². The Hall–Kier alpha value is -1.73. The number of hydrogen-bond donors (Lipinski definition) is 0. The molecular formula is C40H69NO6SSi2. The molecular weight excluding hydrogens is 679 g/mol. The van der Waals surface area contributed by atoms with Crippen molar-refractivity contribution in [3.05, 3.63) is 42.5 Å². The molecule has 0 saturated carbocycles. The van der Waals surface area contributed by atoms with E-state index in [1.54, 1.807) is 0 Å². The van der Waals surface area contributed by atoms with Gasteiger partial charge in [0.15, 0.2) is 16.6 Å². The van der Waals surface area contributed by atoms with Crippen LogP contribution in [0.5, 0.6) is 5.75 Å². The Bertz CT molecular complexity index is 1300. The highest BCUT2D eigenvalue weighted by atomic mass is 32.1. The molecule has 0 aromatic heterocycles. The molecule has 1 fully saturated rings. The second kappa shape index (κ2) is 16.5. The van der Waals surface area contributed by atoms with E-state index in [0.717, 1.165) is 32.1 Å². The minimum atomic E-state index is -1.92. The molecule has 3 rings (SSSR count). The number of hydrogen-bond acceptors (Lipinski definition) is 7. The largest absolute Gasteiger partial charge is 0.454 e. The zero-order chi connectivity index (χ0) is 37.8. The van der Waals surface area contributed by atoms with Gasteiger partial charge in [-0.2, -0.15) is 0 Å². The molecule has 0 N–H and O–H groups in total. The third kappa shape index (κ3) is 10.9. The Kier molecular flexibility index (Phi) is 14.1. The smallest absolute Gasteiger partial charge is 0.410 e. The van der Waals surface area contributed by atoms with Crippen LogP contribution in [-0.2, 0) is 18.3 Å². The fraction of sp³-hybridized carbons (Fsp3) is 0.750. The maximum Gasteiger partial charge on any atom is 0.410 e. The number of likely N-dealkylation sites (tertiary alicyclic amines) is 1. The highest BCUT2D eigenvalue weighted by molar-refractivity contribution is 7.79. The lowest BCUT2D eigenvalue weighted by atomic mass is 9.63. The quantitative estimate of drug-likeness (QED) is 0.0861. The summed E-state index contributed by atoms with van der Waals surface area (Å²) in [6.45, 7) is 32.6. The second-order valence-electron chi connectivity index (χ2n) is 18.7. The topological polar surface area (TPSA) is 66.5 Å². The Morgan fingerprint density at radius 1 is 0.900 bits per heavy atom. The van der Waals surface area contributed by atoms with Crippen molar-refractivity contribution in [1.29, 1.82) is 0 Å². The predicted octanol–water partition coefficient (Wildman–Crippen LogP) is 11.2.